The zero-order chi connectivity index (χ0) is 14.5. The van der Waals surface area contributed by atoms with E-state index in [9.17, 15) is 9.59 Å². The first-order chi connectivity index (χ1) is 9.34. The quantitative estimate of drug-likeness (QED) is 0.748. The number of carbonyl (C=O) groups excluding carboxylic acids is 2. The Bertz CT molecular complexity index is 436. The van der Waals surface area contributed by atoms with Gasteiger partial charge in [0.15, 0.2) is 0 Å². The van der Waals surface area contributed by atoms with Crippen molar-refractivity contribution in [2.45, 2.75) is 65.7 Å². The van der Waals surface area contributed by atoms with E-state index >= 15 is 0 Å². The molecule has 0 aromatic heterocycles. The molecule has 2 amide bonds. The van der Waals surface area contributed by atoms with Crippen LogP contribution >= 0.6 is 0 Å². The van der Waals surface area contributed by atoms with Gasteiger partial charge in [-0.05, 0) is 48.3 Å². The summed E-state index contributed by atoms with van der Waals surface area (Å²) in [6, 6.07) is 0. The Balaban J connectivity index is 1.99. The molecule has 3 rings (SSSR count). The number of piperidine rings is 1. The summed E-state index contributed by atoms with van der Waals surface area (Å²) >= 11 is 0. The van der Waals surface area contributed by atoms with E-state index in [1.165, 1.54) is 25.7 Å². The van der Waals surface area contributed by atoms with E-state index in [-0.39, 0.29) is 28.6 Å². The molecule has 3 nitrogen and oxygen atoms in total. The van der Waals surface area contributed by atoms with E-state index in [2.05, 4.69) is 26.1 Å². The lowest BCUT2D eigenvalue weighted by molar-refractivity contribution is -0.148. The lowest BCUT2D eigenvalue weighted by atomic mass is 9.59. The Morgan fingerprint density at radius 3 is 2.35 bits per heavy atom. The molecule has 1 aliphatic heterocycles. The highest BCUT2D eigenvalue weighted by atomic mass is 16.2. The van der Waals surface area contributed by atoms with Crippen LogP contribution in [-0.2, 0) is 9.59 Å². The van der Waals surface area contributed by atoms with Gasteiger partial charge in [-0.3, -0.25) is 14.9 Å². The lowest BCUT2D eigenvalue weighted by Gasteiger charge is -2.46. The van der Waals surface area contributed by atoms with E-state index in [1.54, 1.807) is 0 Å². The van der Waals surface area contributed by atoms with Crippen molar-refractivity contribution in [3.63, 3.8) is 0 Å². The molecule has 112 valence electrons. The minimum absolute atomic E-state index is 0.0256. The molecule has 0 aromatic rings. The molecule has 1 heterocycles. The van der Waals surface area contributed by atoms with Gasteiger partial charge in [0, 0.05) is 12.3 Å². The largest absolute Gasteiger partial charge is 0.296 e. The van der Waals surface area contributed by atoms with Crippen molar-refractivity contribution in [2.75, 3.05) is 0 Å². The molecule has 3 heteroatoms. The summed E-state index contributed by atoms with van der Waals surface area (Å²) in [6.07, 6.45) is 7.55. The van der Waals surface area contributed by atoms with Crippen LogP contribution in [0.1, 0.15) is 65.7 Å². The fourth-order valence-corrected chi connectivity index (χ4v) is 5.73. The molecular formula is C17H27NO2. The van der Waals surface area contributed by atoms with Gasteiger partial charge in [-0.15, -0.1) is 0 Å². The van der Waals surface area contributed by atoms with Gasteiger partial charge in [0.25, 0.3) is 0 Å². The maximum absolute atomic E-state index is 12.6. The van der Waals surface area contributed by atoms with Crippen LogP contribution in [0.5, 0.6) is 0 Å². The van der Waals surface area contributed by atoms with Crippen LogP contribution < -0.4 is 5.32 Å². The number of imide groups is 1. The van der Waals surface area contributed by atoms with E-state index in [4.69, 9.17) is 0 Å². The Kier molecular flexibility index (Phi) is 3.22. The van der Waals surface area contributed by atoms with Crippen LogP contribution in [0.2, 0.25) is 0 Å². The minimum atomic E-state index is -0.0715. The van der Waals surface area contributed by atoms with Crippen molar-refractivity contribution in [1.29, 1.82) is 0 Å². The van der Waals surface area contributed by atoms with Crippen molar-refractivity contribution in [2.24, 2.45) is 28.6 Å². The summed E-state index contributed by atoms with van der Waals surface area (Å²) in [4.78, 5) is 24.6. The highest BCUT2D eigenvalue weighted by molar-refractivity contribution is 6.00. The number of hydrogen-bond donors (Lipinski definition) is 1. The first kappa shape index (κ1) is 14.1. The van der Waals surface area contributed by atoms with E-state index in [0.29, 0.717) is 18.3 Å². The highest BCUT2D eigenvalue weighted by Gasteiger charge is 2.59. The molecule has 3 atom stereocenters. The maximum atomic E-state index is 12.6. The predicted octanol–water partition coefficient (Wildman–Crippen LogP) is 3.28. The molecular weight excluding hydrogens is 250 g/mol. The third-order valence-corrected chi connectivity index (χ3v) is 6.17. The fraction of sp³-hybridized carbons (Fsp3) is 0.882. The van der Waals surface area contributed by atoms with Gasteiger partial charge in [-0.2, -0.15) is 0 Å². The second-order valence-electron chi connectivity index (χ2n) is 8.29. The molecule has 1 spiro atoms. The normalized spacial score (nSPS) is 41.4. The van der Waals surface area contributed by atoms with E-state index in [0.717, 1.165) is 12.8 Å². The zero-order valence-corrected chi connectivity index (χ0v) is 13.0. The molecule has 0 radical (unpaired) electrons. The standard InChI is InChI=1S/C17H27NO2/c1-11-8-16(2,3)10-17(11)9-13(19)18-15(20)14(17)12-6-4-5-7-12/h11-12,14H,4-10H2,1-3H3,(H,18,19,20). The topological polar surface area (TPSA) is 46.2 Å². The van der Waals surface area contributed by atoms with E-state index in [1.807, 2.05) is 0 Å². The molecule has 0 bridgehead atoms. The van der Waals surface area contributed by atoms with Gasteiger partial charge in [-0.25, -0.2) is 0 Å². The highest BCUT2D eigenvalue weighted by Crippen LogP contribution is 2.62. The van der Waals surface area contributed by atoms with Crippen molar-refractivity contribution >= 4 is 11.8 Å². The second-order valence-corrected chi connectivity index (χ2v) is 8.29. The molecule has 1 N–H and O–H groups in total. The average molecular weight is 277 g/mol. The monoisotopic (exact) mass is 277 g/mol. The molecule has 2 aliphatic carbocycles. The number of amides is 2. The van der Waals surface area contributed by atoms with Crippen LogP contribution in [0.15, 0.2) is 0 Å². The number of nitrogens with one attached hydrogen (secondary N) is 1. The molecule has 3 fully saturated rings. The molecule has 20 heavy (non-hydrogen) atoms. The summed E-state index contributed by atoms with van der Waals surface area (Å²) in [5, 5.41) is 2.63. The van der Waals surface area contributed by atoms with Crippen molar-refractivity contribution < 1.29 is 9.59 Å². The van der Waals surface area contributed by atoms with E-state index < -0.39 is 0 Å². The van der Waals surface area contributed by atoms with Crippen molar-refractivity contribution in [1.82, 2.24) is 5.32 Å². The molecule has 1 saturated heterocycles. The van der Waals surface area contributed by atoms with Gasteiger partial charge >= 0.3 is 0 Å². The SMILES string of the molecule is CC1CC(C)(C)CC12CC(=O)NC(=O)C2C1CCCC1. The number of hydrogen-bond acceptors (Lipinski definition) is 2. The summed E-state index contributed by atoms with van der Waals surface area (Å²) < 4.78 is 0. The van der Waals surface area contributed by atoms with Crippen LogP contribution in [-0.4, -0.2) is 11.8 Å². The van der Waals surface area contributed by atoms with Crippen molar-refractivity contribution in [3.05, 3.63) is 0 Å². The Morgan fingerprint density at radius 2 is 1.80 bits per heavy atom. The Hall–Kier alpha value is -0.860. The number of carbonyl (C=O) groups is 2. The van der Waals surface area contributed by atoms with Gasteiger partial charge in [-0.1, -0.05) is 33.6 Å². The van der Waals surface area contributed by atoms with Gasteiger partial charge in [0.1, 0.15) is 0 Å². The third-order valence-electron chi connectivity index (χ3n) is 6.17. The molecule has 3 aliphatic rings. The van der Waals surface area contributed by atoms with Crippen LogP contribution in [0.4, 0.5) is 0 Å². The Labute approximate surface area is 121 Å². The molecule has 2 saturated carbocycles. The second kappa shape index (κ2) is 4.57. The van der Waals surface area contributed by atoms with Crippen LogP contribution in [0.3, 0.4) is 0 Å². The summed E-state index contributed by atoms with van der Waals surface area (Å²) in [6.45, 7) is 6.85. The number of rotatable bonds is 1. The first-order valence-corrected chi connectivity index (χ1v) is 8.18. The van der Waals surface area contributed by atoms with Gasteiger partial charge < -0.3 is 0 Å². The Morgan fingerprint density at radius 1 is 1.15 bits per heavy atom. The van der Waals surface area contributed by atoms with Gasteiger partial charge in [0.05, 0.1) is 0 Å². The predicted molar refractivity (Wildman–Crippen MR) is 77.8 cm³/mol. The lowest BCUT2D eigenvalue weighted by Crippen LogP contribution is -2.55. The maximum Gasteiger partial charge on any atom is 0.230 e. The average Bonchev–Trinajstić information content (AvgIpc) is 2.85. The first-order valence-electron chi connectivity index (χ1n) is 8.18. The molecule has 0 aromatic carbocycles. The van der Waals surface area contributed by atoms with Crippen LogP contribution in [0, 0.1) is 28.6 Å². The third kappa shape index (κ3) is 2.10. The summed E-state index contributed by atoms with van der Waals surface area (Å²) in [5.41, 5.74) is 0.187. The minimum Gasteiger partial charge on any atom is -0.296 e. The smallest absolute Gasteiger partial charge is 0.230 e. The van der Waals surface area contributed by atoms with Crippen molar-refractivity contribution in [3.8, 4) is 0 Å². The summed E-state index contributed by atoms with van der Waals surface area (Å²) in [5.74, 6) is 1.02. The summed E-state index contributed by atoms with van der Waals surface area (Å²) in [7, 11) is 0. The molecule has 3 unspecified atom stereocenters. The van der Waals surface area contributed by atoms with Crippen LogP contribution in [0.25, 0.3) is 0 Å². The fourth-order valence-electron chi connectivity index (χ4n) is 5.73. The zero-order valence-electron chi connectivity index (χ0n) is 13.0. The van der Waals surface area contributed by atoms with Gasteiger partial charge in [0.2, 0.25) is 11.8 Å².